The highest BCUT2D eigenvalue weighted by Crippen LogP contribution is 2.18. The number of benzene rings is 1. The standard InChI is InChI=1S/C17H22N2O6S/c1-18(2)16(20)13-25-17(21)8-5-14-3-6-15(7-4-14)26(22,23)19-9-11-24-12-10-19/h3-8H,9-13H2,1-2H3/b8-5+. The normalized spacial score (nSPS) is 15.8. The molecule has 1 saturated heterocycles. The van der Waals surface area contributed by atoms with Gasteiger partial charge in [-0.25, -0.2) is 13.2 Å². The summed E-state index contributed by atoms with van der Waals surface area (Å²) in [5.41, 5.74) is 0.641. The van der Waals surface area contributed by atoms with Gasteiger partial charge in [-0.15, -0.1) is 0 Å². The Labute approximate surface area is 153 Å². The second kappa shape index (κ2) is 8.93. The van der Waals surface area contributed by atoms with Crippen LogP contribution in [0.25, 0.3) is 6.08 Å². The first-order valence-electron chi connectivity index (χ1n) is 8.03. The van der Waals surface area contributed by atoms with Gasteiger partial charge in [-0.2, -0.15) is 4.31 Å². The van der Waals surface area contributed by atoms with Crippen molar-refractivity contribution < 1.29 is 27.5 Å². The summed E-state index contributed by atoms with van der Waals surface area (Å²) >= 11 is 0. The second-order valence-corrected chi connectivity index (χ2v) is 7.75. The molecule has 0 aromatic heterocycles. The Morgan fingerprint density at radius 2 is 1.81 bits per heavy atom. The number of hydrogen-bond acceptors (Lipinski definition) is 6. The van der Waals surface area contributed by atoms with Crippen molar-refractivity contribution in [3.05, 3.63) is 35.9 Å². The number of carbonyl (C=O) groups is 2. The Kier molecular flexibility index (Phi) is 6.90. The predicted octanol–water partition coefficient (Wildman–Crippen LogP) is 0.352. The number of amides is 1. The summed E-state index contributed by atoms with van der Waals surface area (Å²) in [4.78, 5) is 24.4. The van der Waals surface area contributed by atoms with Crippen LogP contribution in [0.1, 0.15) is 5.56 Å². The molecule has 0 unspecified atom stereocenters. The molecule has 1 aromatic rings. The monoisotopic (exact) mass is 382 g/mol. The van der Waals surface area contributed by atoms with Gasteiger partial charge in [-0.3, -0.25) is 4.79 Å². The van der Waals surface area contributed by atoms with Crippen LogP contribution in [0.2, 0.25) is 0 Å². The molecule has 0 N–H and O–H groups in total. The summed E-state index contributed by atoms with van der Waals surface area (Å²) in [7, 11) is -0.405. The molecule has 1 aromatic carbocycles. The molecule has 1 heterocycles. The van der Waals surface area contributed by atoms with Gasteiger partial charge in [0.25, 0.3) is 5.91 Å². The Balaban J connectivity index is 1.96. The maximum Gasteiger partial charge on any atom is 0.331 e. The van der Waals surface area contributed by atoms with Crippen molar-refractivity contribution in [3.8, 4) is 0 Å². The number of rotatable bonds is 6. The lowest BCUT2D eigenvalue weighted by Gasteiger charge is -2.26. The van der Waals surface area contributed by atoms with Crippen LogP contribution < -0.4 is 0 Å². The number of nitrogens with zero attached hydrogens (tertiary/aromatic N) is 2. The van der Waals surface area contributed by atoms with Gasteiger partial charge in [0, 0.05) is 33.3 Å². The first-order chi connectivity index (χ1) is 12.3. The highest BCUT2D eigenvalue weighted by Gasteiger charge is 2.25. The summed E-state index contributed by atoms with van der Waals surface area (Å²) in [5, 5.41) is 0. The quantitative estimate of drug-likeness (QED) is 0.521. The van der Waals surface area contributed by atoms with Gasteiger partial charge in [-0.05, 0) is 23.8 Å². The van der Waals surface area contributed by atoms with E-state index >= 15 is 0 Å². The minimum atomic E-state index is -3.54. The molecule has 9 heteroatoms. The lowest BCUT2D eigenvalue weighted by Crippen LogP contribution is -2.40. The van der Waals surface area contributed by atoms with Crippen molar-refractivity contribution >= 4 is 28.0 Å². The smallest absolute Gasteiger partial charge is 0.331 e. The van der Waals surface area contributed by atoms with Crippen molar-refractivity contribution in [3.63, 3.8) is 0 Å². The Morgan fingerprint density at radius 3 is 2.38 bits per heavy atom. The fourth-order valence-corrected chi connectivity index (χ4v) is 3.57. The third-order valence-corrected chi connectivity index (χ3v) is 5.65. The molecule has 142 valence electrons. The third kappa shape index (κ3) is 5.38. The van der Waals surface area contributed by atoms with Gasteiger partial charge >= 0.3 is 5.97 Å². The van der Waals surface area contributed by atoms with E-state index in [1.54, 1.807) is 26.2 Å². The number of carbonyl (C=O) groups excluding carboxylic acids is 2. The molecule has 8 nitrogen and oxygen atoms in total. The van der Waals surface area contributed by atoms with E-state index in [-0.39, 0.29) is 17.4 Å². The molecule has 2 rings (SSSR count). The average Bonchev–Trinajstić information content (AvgIpc) is 2.65. The Bertz CT molecular complexity index is 765. The number of morpholine rings is 1. The maximum absolute atomic E-state index is 12.5. The van der Waals surface area contributed by atoms with Gasteiger partial charge in [0.05, 0.1) is 18.1 Å². The first-order valence-corrected chi connectivity index (χ1v) is 9.47. The van der Waals surface area contributed by atoms with Crippen molar-refractivity contribution in [2.75, 3.05) is 47.0 Å². The zero-order valence-corrected chi connectivity index (χ0v) is 15.6. The molecule has 0 bridgehead atoms. The molecule has 1 fully saturated rings. The van der Waals surface area contributed by atoms with Gasteiger partial charge in [-0.1, -0.05) is 12.1 Å². The van der Waals surface area contributed by atoms with Crippen LogP contribution in [0.5, 0.6) is 0 Å². The zero-order valence-electron chi connectivity index (χ0n) is 14.8. The van der Waals surface area contributed by atoms with Crippen molar-refractivity contribution in [1.29, 1.82) is 0 Å². The average molecular weight is 382 g/mol. The van der Waals surface area contributed by atoms with Crippen molar-refractivity contribution in [2.45, 2.75) is 4.90 Å². The molecule has 1 aliphatic heterocycles. The summed E-state index contributed by atoms with van der Waals surface area (Å²) in [6, 6.07) is 6.18. The summed E-state index contributed by atoms with van der Waals surface area (Å²) in [6.45, 7) is 1.12. The number of esters is 1. The van der Waals surface area contributed by atoms with Crippen LogP contribution >= 0.6 is 0 Å². The fourth-order valence-electron chi connectivity index (χ4n) is 2.16. The predicted molar refractivity (Wildman–Crippen MR) is 94.7 cm³/mol. The molecule has 0 saturated carbocycles. The lowest BCUT2D eigenvalue weighted by atomic mass is 10.2. The molecular weight excluding hydrogens is 360 g/mol. The lowest BCUT2D eigenvalue weighted by molar-refractivity contribution is -0.146. The number of likely N-dealkylation sites (N-methyl/N-ethyl adjacent to an activating group) is 1. The highest BCUT2D eigenvalue weighted by molar-refractivity contribution is 7.89. The number of ether oxygens (including phenoxy) is 2. The van der Waals surface area contributed by atoms with E-state index in [1.807, 2.05) is 0 Å². The van der Waals surface area contributed by atoms with E-state index in [9.17, 15) is 18.0 Å². The van der Waals surface area contributed by atoms with E-state index < -0.39 is 16.0 Å². The number of sulfonamides is 1. The SMILES string of the molecule is CN(C)C(=O)COC(=O)/C=C/c1ccc(S(=O)(=O)N2CCOCC2)cc1. The van der Waals surface area contributed by atoms with Gasteiger partial charge < -0.3 is 14.4 Å². The third-order valence-electron chi connectivity index (χ3n) is 3.74. The van der Waals surface area contributed by atoms with Crippen molar-refractivity contribution in [1.82, 2.24) is 9.21 Å². The van der Waals surface area contributed by atoms with Crippen LogP contribution in [0.4, 0.5) is 0 Å². The highest BCUT2D eigenvalue weighted by atomic mass is 32.2. The van der Waals surface area contributed by atoms with E-state index in [0.717, 1.165) is 0 Å². The summed E-state index contributed by atoms with van der Waals surface area (Å²) in [5.74, 6) is -0.963. The van der Waals surface area contributed by atoms with Gasteiger partial charge in [0.1, 0.15) is 0 Å². The molecule has 0 spiro atoms. The van der Waals surface area contributed by atoms with E-state index in [4.69, 9.17) is 9.47 Å². The van der Waals surface area contributed by atoms with Crippen LogP contribution in [0.15, 0.2) is 35.2 Å². The molecule has 1 aliphatic rings. The Morgan fingerprint density at radius 1 is 1.19 bits per heavy atom. The second-order valence-electron chi connectivity index (χ2n) is 5.81. The van der Waals surface area contributed by atoms with Crippen LogP contribution in [0, 0.1) is 0 Å². The van der Waals surface area contributed by atoms with Crippen LogP contribution in [-0.2, 0) is 29.1 Å². The molecule has 1 amide bonds. The van der Waals surface area contributed by atoms with E-state index in [1.165, 1.54) is 33.5 Å². The van der Waals surface area contributed by atoms with E-state index in [2.05, 4.69) is 0 Å². The first kappa shape index (κ1) is 20.1. The fraction of sp³-hybridized carbons (Fsp3) is 0.412. The minimum Gasteiger partial charge on any atom is -0.452 e. The van der Waals surface area contributed by atoms with Crippen LogP contribution in [-0.4, -0.2) is 76.5 Å². The van der Waals surface area contributed by atoms with Crippen LogP contribution in [0.3, 0.4) is 0 Å². The molecule has 0 atom stereocenters. The molecule has 26 heavy (non-hydrogen) atoms. The summed E-state index contributed by atoms with van der Waals surface area (Å²) < 4.78 is 36.4. The molecule has 0 radical (unpaired) electrons. The van der Waals surface area contributed by atoms with Gasteiger partial charge in [0.2, 0.25) is 10.0 Å². The van der Waals surface area contributed by atoms with E-state index in [0.29, 0.717) is 31.9 Å². The minimum absolute atomic E-state index is 0.190. The Hall–Kier alpha value is -2.23. The largest absolute Gasteiger partial charge is 0.452 e. The van der Waals surface area contributed by atoms with Crippen molar-refractivity contribution in [2.24, 2.45) is 0 Å². The van der Waals surface area contributed by atoms with Gasteiger partial charge in [0.15, 0.2) is 6.61 Å². The molecule has 0 aliphatic carbocycles. The summed E-state index contributed by atoms with van der Waals surface area (Å²) in [6.07, 6.45) is 2.68. The number of hydrogen-bond donors (Lipinski definition) is 0. The zero-order chi connectivity index (χ0) is 19.2. The molecular formula is C17H22N2O6S. The topological polar surface area (TPSA) is 93.2 Å². The maximum atomic E-state index is 12.5.